The molecule has 0 saturated heterocycles. The molecular formula is C23H23ClO5. The Morgan fingerprint density at radius 2 is 1.90 bits per heavy atom. The number of methoxy groups -OCH3 is 1. The van der Waals surface area contributed by atoms with Crippen LogP contribution < -0.4 is 14.2 Å². The summed E-state index contributed by atoms with van der Waals surface area (Å²) in [5, 5.41) is 0.611. The third-order valence-electron chi connectivity index (χ3n) is 4.54. The molecule has 3 rings (SSSR count). The van der Waals surface area contributed by atoms with E-state index in [1.165, 1.54) is 7.11 Å². The number of carbonyl (C=O) groups excluding carboxylic acids is 1. The maximum Gasteiger partial charge on any atom is 0.307 e. The SMILES string of the molecule is CC#C[C@@H](CC(=O)OC)c1ccc(OCC2COc3ccc(Cl)cc3OC2)cc1. The molecule has 5 nitrogen and oxygen atoms in total. The molecule has 0 saturated carbocycles. The van der Waals surface area contributed by atoms with E-state index in [4.69, 9.17) is 30.5 Å². The molecule has 0 bridgehead atoms. The fourth-order valence-corrected chi connectivity index (χ4v) is 3.12. The molecule has 0 radical (unpaired) electrons. The van der Waals surface area contributed by atoms with E-state index < -0.39 is 0 Å². The maximum atomic E-state index is 11.6. The number of rotatable bonds is 6. The predicted molar refractivity (Wildman–Crippen MR) is 111 cm³/mol. The van der Waals surface area contributed by atoms with Gasteiger partial charge >= 0.3 is 5.97 Å². The van der Waals surface area contributed by atoms with Crippen LogP contribution in [0.2, 0.25) is 5.02 Å². The van der Waals surface area contributed by atoms with Crippen LogP contribution in [0.3, 0.4) is 0 Å². The summed E-state index contributed by atoms with van der Waals surface area (Å²) in [7, 11) is 1.38. The highest BCUT2D eigenvalue weighted by Crippen LogP contribution is 2.33. The van der Waals surface area contributed by atoms with Crippen molar-refractivity contribution < 1.29 is 23.7 Å². The van der Waals surface area contributed by atoms with E-state index in [9.17, 15) is 4.79 Å². The van der Waals surface area contributed by atoms with Crippen LogP contribution in [-0.4, -0.2) is 32.9 Å². The van der Waals surface area contributed by atoms with Crippen LogP contribution in [0.1, 0.15) is 24.8 Å². The van der Waals surface area contributed by atoms with Crippen molar-refractivity contribution in [2.24, 2.45) is 5.92 Å². The fraction of sp³-hybridized carbons (Fsp3) is 0.348. The lowest BCUT2D eigenvalue weighted by Crippen LogP contribution is -2.23. The zero-order valence-electron chi connectivity index (χ0n) is 16.4. The summed E-state index contributed by atoms with van der Waals surface area (Å²) in [6.07, 6.45) is 0.221. The third kappa shape index (κ3) is 5.82. The molecule has 1 unspecified atom stereocenters. The zero-order valence-corrected chi connectivity index (χ0v) is 17.2. The summed E-state index contributed by atoms with van der Waals surface area (Å²) >= 11 is 6.00. The molecule has 1 aliphatic rings. The van der Waals surface area contributed by atoms with Gasteiger partial charge in [0, 0.05) is 11.1 Å². The van der Waals surface area contributed by atoms with Gasteiger partial charge in [0.05, 0.1) is 45.2 Å². The van der Waals surface area contributed by atoms with E-state index >= 15 is 0 Å². The standard InChI is InChI=1S/C23H23ClO5/c1-3-4-18(11-23(25)26-2)17-5-8-20(9-6-17)27-13-16-14-28-21-10-7-19(24)12-22(21)29-15-16/h5-10,12,16,18H,11,13-15H2,1-2H3/t16?,18-/m0/s1. The predicted octanol–water partition coefficient (Wildman–Crippen LogP) is 4.48. The minimum absolute atomic E-state index is 0.0823. The van der Waals surface area contributed by atoms with Gasteiger partial charge in [-0.25, -0.2) is 0 Å². The van der Waals surface area contributed by atoms with Crippen LogP contribution in [0.25, 0.3) is 0 Å². The molecule has 0 aromatic heterocycles. The molecule has 29 heavy (non-hydrogen) atoms. The molecule has 2 aromatic carbocycles. The van der Waals surface area contributed by atoms with Gasteiger partial charge in [-0.3, -0.25) is 4.79 Å². The van der Waals surface area contributed by atoms with E-state index in [0.29, 0.717) is 36.3 Å². The second kappa shape index (κ2) is 10.1. The summed E-state index contributed by atoms with van der Waals surface area (Å²) in [5.41, 5.74) is 0.950. The molecule has 0 spiro atoms. The highest BCUT2D eigenvalue weighted by molar-refractivity contribution is 6.30. The van der Waals surface area contributed by atoms with Crippen molar-refractivity contribution >= 4 is 17.6 Å². The van der Waals surface area contributed by atoms with Crippen molar-refractivity contribution in [1.82, 2.24) is 0 Å². The van der Waals surface area contributed by atoms with E-state index in [1.54, 1.807) is 19.1 Å². The molecule has 0 fully saturated rings. The zero-order chi connectivity index (χ0) is 20.6. The molecule has 0 amide bonds. The first-order valence-electron chi connectivity index (χ1n) is 9.36. The summed E-state index contributed by atoms with van der Waals surface area (Å²) in [4.78, 5) is 11.6. The number of carbonyl (C=O) groups is 1. The Hall–Kier alpha value is -2.84. The Labute approximate surface area is 175 Å². The fourth-order valence-electron chi connectivity index (χ4n) is 2.96. The number of hydrogen-bond acceptors (Lipinski definition) is 5. The Bertz CT molecular complexity index is 898. The summed E-state index contributed by atoms with van der Waals surface area (Å²) in [6.45, 7) is 3.20. The van der Waals surface area contributed by atoms with Crippen molar-refractivity contribution in [2.45, 2.75) is 19.3 Å². The summed E-state index contributed by atoms with van der Waals surface area (Å²) in [6, 6.07) is 12.9. The van der Waals surface area contributed by atoms with E-state index in [2.05, 4.69) is 11.8 Å². The molecule has 0 aliphatic carbocycles. The highest BCUT2D eigenvalue weighted by Gasteiger charge is 2.20. The maximum absolute atomic E-state index is 11.6. The molecule has 1 heterocycles. The van der Waals surface area contributed by atoms with Crippen molar-refractivity contribution in [1.29, 1.82) is 0 Å². The largest absolute Gasteiger partial charge is 0.493 e. The Kier molecular flexibility index (Phi) is 7.26. The van der Waals surface area contributed by atoms with Crippen molar-refractivity contribution in [2.75, 3.05) is 26.9 Å². The topological polar surface area (TPSA) is 54.0 Å². The number of ether oxygens (including phenoxy) is 4. The average Bonchev–Trinajstić information content (AvgIpc) is 2.94. The molecule has 2 aromatic rings. The van der Waals surface area contributed by atoms with Gasteiger partial charge in [0.25, 0.3) is 0 Å². The second-order valence-electron chi connectivity index (χ2n) is 6.69. The van der Waals surface area contributed by atoms with Crippen LogP contribution in [0.4, 0.5) is 0 Å². The van der Waals surface area contributed by atoms with Gasteiger partial charge < -0.3 is 18.9 Å². The summed E-state index contributed by atoms with van der Waals surface area (Å²) in [5.74, 6) is 7.60. The van der Waals surface area contributed by atoms with Crippen LogP contribution in [0.15, 0.2) is 42.5 Å². The minimum Gasteiger partial charge on any atom is -0.493 e. The van der Waals surface area contributed by atoms with Crippen LogP contribution in [0.5, 0.6) is 17.2 Å². The number of fused-ring (bicyclic) bond motifs is 1. The van der Waals surface area contributed by atoms with Crippen LogP contribution >= 0.6 is 11.6 Å². The quantitative estimate of drug-likeness (QED) is 0.515. The Balaban J connectivity index is 1.56. The second-order valence-corrected chi connectivity index (χ2v) is 7.12. The number of benzene rings is 2. The molecule has 152 valence electrons. The van der Waals surface area contributed by atoms with E-state index in [1.807, 2.05) is 30.3 Å². The van der Waals surface area contributed by atoms with Crippen molar-refractivity contribution in [3.05, 3.63) is 53.1 Å². The molecule has 2 atom stereocenters. The Morgan fingerprint density at radius 3 is 2.59 bits per heavy atom. The third-order valence-corrected chi connectivity index (χ3v) is 4.78. The molecule has 6 heteroatoms. The van der Waals surface area contributed by atoms with Crippen molar-refractivity contribution in [3.63, 3.8) is 0 Å². The molecular weight excluding hydrogens is 392 g/mol. The number of hydrogen-bond donors (Lipinski definition) is 0. The monoisotopic (exact) mass is 414 g/mol. The first kappa shape index (κ1) is 20.9. The average molecular weight is 415 g/mol. The van der Waals surface area contributed by atoms with Crippen LogP contribution in [-0.2, 0) is 9.53 Å². The lowest BCUT2D eigenvalue weighted by Gasteiger charge is -2.15. The molecule has 1 aliphatic heterocycles. The summed E-state index contributed by atoms with van der Waals surface area (Å²) < 4.78 is 22.3. The minimum atomic E-state index is -0.284. The van der Waals surface area contributed by atoms with Gasteiger partial charge in [-0.1, -0.05) is 29.7 Å². The van der Waals surface area contributed by atoms with Gasteiger partial charge in [0.2, 0.25) is 0 Å². The van der Waals surface area contributed by atoms with Gasteiger partial charge in [0.1, 0.15) is 5.75 Å². The first-order valence-corrected chi connectivity index (χ1v) is 9.74. The van der Waals surface area contributed by atoms with Crippen molar-refractivity contribution in [3.8, 4) is 29.1 Å². The first-order chi connectivity index (χ1) is 14.1. The number of halogens is 1. The highest BCUT2D eigenvalue weighted by atomic mass is 35.5. The lowest BCUT2D eigenvalue weighted by atomic mass is 9.96. The Morgan fingerprint density at radius 1 is 1.17 bits per heavy atom. The van der Waals surface area contributed by atoms with Gasteiger partial charge in [0.15, 0.2) is 11.5 Å². The van der Waals surface area contributed by atoms with Gasteiger partial charge in [-0.2, -0.15) is 0 Å². The van der Waals surface area contributed by atoms with Gasteiger partial charge in [-0.05, 0) is 36.8 Å². The lowest BCUT2D eigenvalue weighted by molar-refractivity contribution is -0.140. The molecule has 0 N–H and O–H groups in total. The smallest absolute Gasteiger partial charge is 0.307 e. The van der Waals surface area contributed by atoms with E-state index in [0.717, 1.165) is 11.3 Å². The number of esters is 1. The van der Waals surface area contributed by atoms with E-state index in [-0.39, 0.29) is 24.2 Å². The van der Waals surface area contributed by atoms with Crippen LogP contribution in [0, 0.1) is 17.8 Å². The normalized spacial score (nSPS) is 16.0. The van der Waals surface area contributed by atoms with Gasteiger partial charge in [-0.15, -0.1) is 5.92 Å².